The van der Waals surface area contributed by atoms with Crippen molar-refractivity contribution in [2.24, 2.45) is 7.05 Å². The summed E-state index contributed by atoms with van der Waals surface area (Å²) >= 11 is 0. The molecule has 3 heterocycles. The van der Waals surface area contributed by atoms with Crippen molar-refractivity contribution in [2.45, 2.75) is 40.2 Å². The first kappa shape index (κ1) is 17.0. The zero-order valence-corrected chi connectivity index (χ0v) is 16.0. The van der Waals surface area contributed by atoms with E-state index in [1.165, 1.54) is 27.7 Å². The number of para-hydroxylation sites is 1. The van der Waals surface area contributed by atoms with Crippen LogP contribution in [0, 0.1) is 20.8 Å². The predicted octanol–water partition coefficient (Wildman–Crippen LogP) is 2.79. The number of benzene rings is 1. The second kappa shape index (κ2) is 6.40. The number of aromatic nitrogens is 3. The van der Waals surface area contributed by atoms with Gasteiger partial charge in [-0.3, -0.25) is 14.3 Å². The average molecular weight is 350 g/mol. The molecule has 1 aromatic carbocycles. The molecule has 1 aliphatic rings. The molecule has 0 atom stereocenters. The molecular formula is C21H26N4O. The fourth-order valence-electron chi connectivity index (χ4n) is 3.99. The third kappa shape index (κ3) is 2.76. The molecule has 2 aromatic heterocycles. The number of H-pyrrole nitrogens is 1. The number of hydrogen-bond acceptors (Lipinski definition) is 3. The second-order valence-electron chi connectivity index (χ2n) is 7.44. The first-order chi connectivity index (χ1) is 12.5. The van der Waals surface area contributed by atoms with Crippen LogP contribution in [0.3, 0.4) is 0 Å². The molecule has 0 unspecified atom stereocenters. The van der Waals surface area contributed by atoms with Crippen LogP contribution in [0.2, 0.25) is 0 Å². The van der Waals surface area contributed by atoms with Gasteiger partial charge < -0.3 is 4.98 Å². The first-order valence-electron chi connectivity index (χ1n) is 9.30. The van der Waals surface area contributed by atoms with Crippen LogP contribution in [0.15, 0.2) is 23.0 Å². The predicted molar refractivity (Wildman–Crippen MR) is 105 cm³/mol. The Hall–Kier alpha value is -2.40. The Balaban J connectivity index is 1.61. The van der Waals surface area contributed by atoms with Crippen LogP contribution in [0.5, 0.6) is 0 Å². The highest BCUT2D eigenvalue weighted by atomic mass is 16.1. The molecular weight excluding hydrogens is 324 g/mol. The fourth-order valence-corrected chi connectivity index (χ4v) is 3.99. The van der Waals surface area contributed by atoms with Crippen molar-refractivity contribution in [2.75, 3.05) is 13.1 Å². The topological polar surface area (TPSA) is 53.9 Å². The highest BCUT2D eigenvalue weighted by molar-refractivity contribution is 5.87. The molecule has 5 heteroatoms. The number of fused-ring (bicyclic) bond motifs is 2. The van der Waals surface area contributed by atoms with Crippen LogP contribution in [0.1, 0.15) is 33.9 Å². The number of hydrogen-bond donors (Lipinski definition) is 1. The monoisotopic (exact) mass is 350 g/mol. The molecule has 0 saturated carbocycles. The standard InChI is InChI=1S/C21H26N4O/c1-13-14(2)22-20-16(6-5-7-17(13)20)12-25-10-8-18-19(9-11-25)23-15(3)24(4)21(18)26/h5-7,22H,8-12H2,1-4H3. The maximum absolute atomic E-state index is 12.6. The van der Waals surface area contributed by atoms with Gasteiger partial charge in [-0.15, -0.1) is 0 Å². The van der Waals surface area contributed by atoms with Gasteiger partial charge in [-0.25, -0.2) is 4.98 Å². The molecule has 0 aliphatic carbocycles. The van der Waals surface area contributed by atoms with Crippen molar-refractivity contribution in [1.82, 2.24) is 19.4 Å². The molecule has 1 N–H and O–H groups in total. The van der Waals surface area contributed by atoms with E-state index in [1.54, 1.807) is 4.57 Å². The Morgan fingerprint density at radius 2 is 1.92 bits per heavy atom. The summed E-state index contributed by atoms with van der Waals surface area (Å²) in [5.41, 5.74) is 7.12. The van der Waals surface area contributed by atoms with Crippen molar-refractivity contribution >= 4 is 10.9 Å². The third-order valence-electron chi connectivity index (χ3n) is 5.86. The zero-order valence-electron chi connectivity index (χ0n) is 16.0. The molecule has 3 aromatic rings. The van der Waals surface area contributed by atoms with E-state index in [0.717, 1.165) is 49.6 Å². The van der Waals surface area contributed by atoms with Gasteiger partial charge in [0.05, 0.1) is 11.2 Å². The molecule has 4 rings (SSSR count). The Bertz CT molecular complexity index is 1040. The lowest BCUT2D eigenvalue weighted by Crippen LogP contribution is -2.28. The maximum Gasteiger partial charge on any atom is 0.256 e. The molecule has 1 aliphatic heterocycles. The van der Waals surface area contributed by atoms with Crippen molar-refractivity contribution in [3.63, 3.8) is 0 Å². The maximum atomic E-state index is 12.6. The molecule has 5 nitrogen and oxygen atoms in total. The van der Waals surface area contributed by atoms with Crippen LogP contribution in [0.25, 0.3) is 10.9 Å². The third-order valence-corrected chi connectivity index (χ3v) is 5.86. The van der Waals surface area contributed by atoms with Gasteiger partial charge in [-0.2, -0.15) is 0 Å². The zero-order chi connectivity index (χ0) is 18.4. The lowest BCUT2D eigenvalue weighted by Gasteiger charge is -2.20. The van der Waals surface area contributed by atoms with Crippen molar-refractivity contribution in [3.05, 3.63) is 62.5 Å². The Morgan fingerprint density at radius 1 is 1.15 bits per heavy atom. The summed E-state index contributed by atoms with van der Waals surface area (Å²) in [6.45, 7) is 8.92. The molecule has 0 saturated heterocycles. The van der Waals surface area contributed by atoms with Gasteiger partial charge in [0.15, 0.2) is 0 Å². The highest BCUT2D eigenvalue weighted by Crippen LogP contribution is 2.25. The van der Waals surface area contributed by atoms with Gasteiger partial charge >= 0.3 is 0 Å². The summed E-state index contributed by atoms with van der Waals surface area (Å²) in [4.78, 5) is 23.2. The summed E-state index contributed by atoms with van der Waals surface area (Å²) in [5, 5.41) is 1.31. The van der Waals surface area contributed by atoms with E-state index in [4.69, 9.17) is 0 Å². The van der Waals surface area contributed by atoms with E-state index in [0.29, 0.717) is 0 Å². The lowest BCUT2D eigenvalue weighted by molar-refractivity contribution is 0.279. The van der Waals surface area contributed by atoms with E-state index in [2.05, 4.69) is 46.9 Å². The van der Waals surface area contributed by atoms with Crippen LogP contribution in [0.4, 0.5) is 0 Å². The van der Waals surface area contributed by atoms with E-state index in [-0.39, 0.29) is 5.56 Å². The summed E-state index contributed by atoms with van der Waals surface area (Å²) < 4.78 is 1.67. The van der Waals surface area contributed by atoms with Gasteiger partial charge in [0.1, 0.15) is 5.82 Å². The Kier molecular flexibility index (Phi) is 4.19. The molecule has 0 radical (unpaired) electrons. The quantitative estimate of drug-likeness (QED) is 0.773. The van der Waals surface area contributed by atoms with E-state index in [9.17, 15) is 4.79 Å². The minimum atomic E-state index is 0.118. The Labute approximate surface area is 153 Å². The van der Waals surface area contributed by atoms with Gasteiger partial charge in [0, 0.05) is 49.7 Å². The number of nitrogens with one attached hydrogen (secondary N) is 1. The van der Waals surface area contributed by atoms with Gasteiger partial charge in [0.2, 0.25) is 0 Å². The van der Waals surface area contributed by atoms with Gasteiger partial charge in [-0.05, 0) is 38.3 Å². The number of rotatable bonds is 2. The highest BCUT2D eigenvalue weighted by Gasteiger charge is 2.20. The van der Waals surface area contributed by atoms with Gasteiger partial charge in [-0.1, -0.05) is 18.2 Å². The Morgan fingerprint density at radius 3 is 2.73 bits per heavy atom. The SMILES string of the molecule is Cc1[nH]c2c(CN3CCc4nc(C)n(C)c(=O)c4CC3)cccc2c1C. The summed E-state index contributed by atoms with van der Waals surface area (Å²) in [6.07, 6.45) is 1.61. The second-order valence-corrected chi connectivity index (χ2v) is 7.44. The normalized spacial score (nSPS) is 15.2. The van der Waals surface area contributed by atoms with Gasteiger partial charge in [0.25, 0.3) is 5.56 Å². The minimum absolute atomic E-state index is 0.118. The molecule has 0 bridgehead atoms. The van der Waals surface area contributed by atoms with E-state index < -0.39 is 0 Å². The number of aromatic amines is 1. The summed E-state index contributed by atoms with van der Waals surface area (Å²) in [7, 11) is 1.81. The van der Waals surface area contributed by atoms with E-state index >= 15 is 0 Å². The molecule has 0 fully saturated rings. The van der Waals surface area contributed by atoms with Crippen molar-refractivity contribution < 1.29 is 0 Å². The molecule has 0 spiro atoms. The van der Waals surface area contributed by atoms with Crippen LogP contribution in [-0.2, 0) is 26.4 Å². The van der Waals surface area contributed by atoms with Crippen molar-refractivity contribution in [3.8, 4) is 0 Å². The van der Waals surface area contributed by atoms with Crippen LogP contribution in [-0.4, -0.2) is 32.5 Å². The molecule has 0 amide bonds. The van der Waals surface area contributed by atoms with Crippen LogP contribution >= 0.6 is 0 Å². The fraction of sp³-hybridized carbons (Fsp3) is 0.429. The average Bonchev–Trinajstić information content (AvgIpc) is 2.79. The first-order valence-corrected chi connectivity index (χ1v) is 9.30. The van der Waals surface area contributed by atoms with Crippen LogP contribution < -0.4 is 5.56 Å². The number of aryl methyl sites for hydroxylation is 3. The van der Waals surface area contributed by atoms with E-state index in [1.807, 2.05) is 14.0 Å². The van der Waals surface area contributed by atoms with Crippen molar-refractivity contribution in [1.29, 1.82) is 0 Å². The minimum Gasteiger partial charge on any atom is -0.358 e. The lowest BCUT2D eigenvalue weighted by atomic mass is 10.1. The molecule has 136 valence electrons. The summed E-state index contributed by atoms with van der Waals surface area (Å²) in [5.74, 6) is 0.796. The smallest absolute Gasteiger partial charge is 0.256 e. The largest absolute Gasteiger partial charge is 0.358 e. The number of nitrogens with zero attached hydrogens (tertiary/aromatic N) is 3. The molecule has 26 heavy (non-hydrogen) atoms. The summed E-state index contributed by atoms with van der Waals surface area (Å²) in [6, 6.07) is 6.54.